The maximum Gasteiger partial charge on any atom is 0.301 e. The van der Waals surface area contributed by atoms with E-state index in [-0.39, 0.29) is 6.61 Å². The van der Waals surface area contributed by atoms with Gasteiger partial charge in [0.15, 0.2) is 0 Å². The number of anilines is 1. The van der Waals surface area contributed by atoms with E-state index in [9.17, 15) is 8.42 Å². The number of rotatable bonds is 3. The van der Waals surface area contributed by atoms with Crippen LogP contribution < -0.4 is 4.72 Å². The van der Waals surface area contributed by atoms with E-state index in [4.69, 9.17) is 16.7 Å². The van der Waals surface area contributed by atoms with Crippen LogP contribution in [0.5, 0.6) is 0 Å². The van der Waals surface area contributed by atoms with Crippen LogP contribution >= 0.6 is 11.6 Å². The number of nitrogens with zero attached hydrogens (tertiary/aromatic N) is 1. The Labute approximate surface area is 130 Å². The molecule has 0 radical (unpaired) electrons. The van der Waals surface area contributed by atoms with Crippen molar-refractivity contribution in [3.05, 3.63) is 28.8 Å². The molecule has 0 spiro atoms. The molecule has 2 N–H and O–H groups in total. The Morgan fingerprint density at radius 1 is 1.29 bits per heavy atom. The molecule has 5 nitrogen and oxygen atoms in total. The number of nitrogens with one attached hydrogen (secondary N) is 1. The topological polar surface area (TPSA) is 69.6 Å². The number of hydrogen-bond donors (Lipinski definition) is 2. The molecule has 1 aliphatic heterocycles. The molecule has 1 heterocycles. The molecule has 0 aromatic heterocycles. The minimum absolute atomic E-state index is 0.253. The number of aliphatic hydroxyl groups is 1. The normalized spacial score (nSPS) is 16.1. The van der Waals surface area contributed by atoms with Gasteiger partial charge in [-0.25, -0.2) is 0 Å². The maximum absolute atomic E-state index is 12.3. The monoisotopic (exact) mass is 328 g/mol. The van der Waals surface area contributed by atoms with Crippen LogP contribution in [-0.4, -0.2) is 37.5 Å². The summed E-state index contributed by atoms with van der Waals surface area (Å²) in [6, 6.07) is 4.81. The van der Waals surface area contributed by atoms with Gasteiger partial charge in [0, 0.05) is 18.7 Å². The van der Waals surface area contributed by atoms with Crippen molar-refractivity contribution in [2.75, 3.05) is 24.4 Å². The molecule has 7 heteroatoms. The van der Waals surface area contributed by atoms with Gasteiger partial charge in [-0.2, -0.15) is 12.7 Å². The molecule has 0 amide bonds. The minimum atomic E-state index is -3.59. The fraction of sp³-hybridized carbons (Fsp3) is 0.429. The molecule has 114 valence electrons. The van der Waals surface area contributed by atoms with Gasteiger partial charge in [-0.05, 0) is 31.0 Å². The van der Waals surface area contributed by atoms with Gasteiger partial charge in [0.2, 0.25) is 0 Å². The highest BCUT2D eigenvalue weighted by molar-refractivity contribution is 7.90. The highest BCUT2D eigenvalue weighted by Crippen LogP contribution is 2.25. The Morgan fingerprint density at radius 3 is 2.67 bits per heavy atom. The molecular formula is C14H17ClN2O3S. The summed E-state index contributed by atoms with van der Waals surface area (Å²) in [6.45, 7) is 0.797. The van der Waals surface area contributed by atoms with Crippen molar-refractivity contribution in [2.24, 2.45) is 0 Å². The zero-order valence-electron chi connectivity index (χ0n) is 11.5. The number of halogens is 1. The van der Waals surface area contributed by atoms with Crippen LogP contribution in [0.15, 0.2) is 18.2 Å². The van der Waals surface area contributed by atoms with Crippen LogP contribution in [0.3, 0.4) is 0 Å². The number of hydrogen-bond acceptors (Lipinski definition) is 3. The second kappa shape index (κ2) is 7.14. The first-order valence-corrected chi connectivity index (χ1v) is 8.52. The van der Waals surface area contributed by atoms with Gasteiger partial charge in [-0.3, -0.25) is 4.72 Å². The lowest BCUT2D eigenvalue weighted by molar-refractivity contribution is 0.349. The van der Waals surface area contributed by atoms with Crippen LogP contribution in [-0.2, 0) is 10.2 Å². The Morgan fingerprint density at radius 2 is 2.00 bits per heavy atom. The van der Waals surface area contributed by atoms with E-state index in [1.165, 1.54) is 4.31 Å². The summed E-state index contributed by atoms with van der Waals surface area (Å²) in [6.07, 6.45) is 2.80. The summed E-state index contributed by atoms with van der Waals surface area (Å²) in [5, 5.41) is 9.00. The molecule has 2 rings (SSSR count). The van der Waals surface area contributed by atoms with E-state index in [1.807, 2.05) is 0 Å². The predicted octanol–water partition coefficient (Wildman–Crippen LogP) is 1.83. The third kappa shape index (κ3) is 4.35. The predicted molar refractivity (Wildman–Crippen MR) is 83.4 cm³/mol. The fourth-order valence-corrected chi connectivity index (χ4v) is 3.67. The molecule has 1 saturated heterocycles. The lowest BCUT2D eigenvalue weighted by atomic mass is 10.2. The number of benzene rings is 1. The van der Waals surface area contributed by atoms with Gasteiger partial charge in [-0.1, -0.05) is 29.9 Å². The zero-order valence-corrected chi connectivity index (χ0v) is 13.0. The molecule has 21 heavy (non-hydrogen) atoms. The van der Waals surface area contributed by atoms with Gasteiger partial charge in [-0.15, -0.1) is 0 Å². The van der Waals surface area contributed by atoms with Crippen molar-refractivity contribution in [1.29, 1.82) is 0 Å². The largest absolute Gasteiger partial charge is 0.384 e. The van der Waals surface area contributed by atoms with Gasteiger partial charge in [0.05, 0.1) is 10.7 Å². The first kappa shape index (κ1) is 16.1. The number of aliphatic hydroxyl groups excluding tert-OH is 1. The summed E-state index contributed by atoms with van der Waals surface area (Å²) in [4.78, 5) is 0. The lowest BCUT2D eigenvalue weighted by Crippen LogP contribution is -2.39. The SMILES string of the molecule is O=S(=O)(Nc1cc(C#CCO)ccc1Cl)N1CCCCC1. The quantitative estimate of drug-likeness (QED) is 0.832. The average molecular weight is 329 g/mol. The van der Waals surface area contributed by atoms with Crippen LogP contribution in [0.25, 0.3) is 0 Å². The van der Waals surface area contributed by atoms with Crippen molar-refractivity contribution in [3.8, 4) is 11.8 Å². The van der Waals surface area contributed by atoms with E-state index in [0.29, 0.717) is 29.4 Å². The van der Waals surface area contributed by atoms with Crippen molar-refractivity contribution >= 4 is 27.5 Å². The summed E-state index contributed by atoms with van der Waals surface area (Å²) < 4.78 is 28.6. The van der Waals surface area contributed by atoms with Crippen molar-refractivity contribution in [2.45, 2.75) is 19.3 Å². The molecule has 0 saturated carbocycles. The third-order valence-electron chi connectivity index (χ3n) is 3.17. The lowest BCUT2D eigenvalue weighted by Gasteiger charge is -2.26. The van der Waals surface area contributed by atoms with E-state index < -0.39 is 10.2 Å². The van der Waals surface area contributed by atoms with E-state index in [0.717, 1.165) is 19.3 Å². The Bertz CT molecular complexity index is 659. The Hall–Kier alpha value is -1.26. The summed E-state index contributed by atoms with van der Waals surface area (Å²) in [7, 11) is -3.59. The summed E-state index contributed by atoms with van der Waals surface area (Å²) in [5.74, 6) is 5.23. The molecule has 1 aliphatic rings. The smallest absolute Gasteiger partial charge is 0.301 e. The number of piperidine rings is 1. The molecule has 0 bridgehead atoms. The first-order chi connectivity index (χ1) is 10.0. The van der Waals surface area contributed by atoms with Gasteiger partial charge in [0.1, 0.15) is 6.61 Å². The van der Waals surface area contributed by atoms with Crippen LogP contribution in [0.2, 0.25) is 5.02 Å². The zero-order chi connectivity index (χ0) is 15.3. The van der Waals surface area contributed by atoms with Gasteiger partial charge >= 0.3 is 10.2 Å². The Kier molecular flexibility index (Phi) is 5.48. The minimum Gasteiger partial charge on any atom is -0.384 e. The molecule has 1 fully saturated rings. The average Bonchev–Trinajstić information content (AvgIpc) is 2.49. The summed E-state index contributed by atoms with van der Waals surface area (Å²) >= 11 is 6.03. The molecule has 0 atom stereocenters. The van der Waals surface area contributed by atoms with Gasteiger partial charge < -0.3 is 5.11 Å². The third-order valence-corrected chi connectivity index (χ3v) is 5.02. The van der Waals surface area contributed by atoms with E-state index >= 15 is 0 Å². The van der Waals surface area contributed by atoms with Crippen molar-refractivity contribution in [1.82, 2.24) is 4.31 Å². The van der Waals surface area contributed by atoms with Crippen molar-refractivity contribution < 1.29 is 13.5 Å². The molecule has 1 aromatic carbocycles. The van der Waals surface area contributed by atoms with Crippen LogP contribution in [0.4, 0.5) is 5.69 Å². The second-order valence-corrected chi connectivity index (χ2v) is 6.80. The highest BCUT2D eigenvalue weighted by Gasteiger charge is 2.24. The van der Waals surface area contributed by atoms with Crippen LogP contribution in [0, 0.1) is 11.8 Å². The van der Waals surface area contributed by atoms with Crippen molar-refractivity contribution in [3.63, 3.8) is 0 Å². The maximum atomic E-state index is 12.3. The standard InChI is InChI=1S/C14H17ClN2O3S/c15-13-7-6-12(5-4-10-18)11-14(13)16-21(19,20)17-8-2-1-3-9-17/h6-7,11,16,18H,1-3,8-10H2. The highest BCUT2D eigenvalue weighted by atomic mass is 35.5. The molecular weight excluding hydrogens is 312 g/mol. The van der Waals surface area contributed by atoms with Crippen LogP contribution in [0.1, 0.15) is 24.8 Å². The van der Waals surface area contributed by atoms with E-state index in [1.54, 1.807) is 18.2 Å². The first-order valence-electron chi connectivity index (χ1n) is 6.70. The Balaban J connectivity index is 2.21. The van der Waals surface area contributed by atoms with E-state index in [2.05, 4.69) is 16.6 Å². The fourth-order valence-electron chi connectivity index (χ4n) is 2.13. The van der Waals surface area contributed by atoms with Gasteiger partial charge in [0.25, 0.3) is 0 Å². The molecule has 0 unspecified atom stereocenters. The molecule has 0 aliphatic carbocycles. The second-order valence-electron chi connectivity index (χ2n) is 4.72. The summed E-state index contributed by atoms with van der Waals surface area (Å²) in [5.41, 5.74) is 0.886. The molecule has 1 aromatic rings.